The van der Waals surface area contributed by atoms with Crippen molar-refractivity contribution in [1.82, 2.24) is 0 Å². The molecule has 48 heavy (non-hydrogen) atoms. The Hall–Kier alpha value is -2.84. The molecule has 6 aliphatic rings. The molecule has 1 aromatic rings. The fraction of sp³-hybridized carbons (Fsp3) is 0.771. The van der Waals surface area contributed by atoms with E-state index in [1.54, 1.807) is 33.1 Å². The number of furan rings is 1. The molecule has 2 bridgehead atoms. The van der Waals surface area contributed by atoms with Crippen LogP contribution in [-0.4, -0.2) is 94.1 Å². The molecule has 264 valence electrons. The smallest absolute Gasteiger partial charge is 0.310 e. The Morgan fingerprint density at radius 3 is 2.31 bits per heavy atom. The summed E-state index contributed by atoms with van der Waals surface area (Å²) in [7, 11) is 0. The van der Waals surface area contributed by atoms with E-state index in [1.807, 2.05) is 13.8 Å². The minimum atomic E-state index is -1.62. The van der Waals surface area contributed by atoms with Gasteiger partial charge in [-0.15, -0.1) is 0 Å². The highest BCUT2D eigenvalue weighted by molar-refractivity contribution is 5.91. The number of esters is 3. The predicted octanol–water partition coefficient (Wildman–Crippen LogP) is 2.03. The minimum absolute atomic E-state index is 0.0283. The van der Waals surface area contributed by atoms with Crippen molar-refractivity contribution in [3.63, 3.8) is 0 Å². The van der Waals surface area contributed by atoms with E-state index < -0.39 is 112 Å². The van der Waals surface area contributed by atoms with Crippen LogP contribution in [0.2, 0.25) is 0 Å². The highest BCUT2D eigenvalue weighted by Gasteiger charge is 2.92. The van der Waals surface area contributed by atoms with Gasteiger partial charge in [0, 0.05) is 41.9 Å². The van der Waals surface area contributed by atoms with E-state index >= 15 is 4.79 Å². The Morgan fingerprint density at radius 2 is 1.71 bits per heavy atom. The lowest BCUT2D eigenvalue weighted by Gasteiger charge is -2.73. The summed E-state index contributed by atoms with van der Waals surface area (Å²) in [5, 5.41) is 36.9. The first-order valence-electron chi connectivity index (χ1n) is 16.9. The SMILES string of the molecule is CC[C@@H](C)C(=O)O[C@H]1OC[C@@]23C4C(=O)[C@@H](O)[C@@]5(C)[C@H](c6ccoc6)C[C@H]6O[C@]65[C@]4(C)[C@H](O)C[C@H]2[C@]1(C)[C@H](O)[C@H](OC(C)=O)[C@@H]3OC(C)=O. The van der Waals surface area contributed by atoms with Gasteiger partial charge in [-0.3, -0.25) is 19.2 Å². The van der Waals surface area contributed by atoms with Crippen molar-refractivity contribution < 1.29 is 62.6 Å². The zero-order valence-electron chi connectivity index (χ0n) is 28.3. The van der Waals surface area contributed by atoms with Gasteiger partial charge >= 0.3 is 17.9 Å². The fourth-order valence-electron chi connectivity index (χ4n) is 11.5. The molecule has 13 heteroatoms. The van der Waals surface area contributed by atoms with Gasteiger partial charge in [-0.05, 0) is 36.8 Å². The van der Waals surface area contributed by atoms with Gasteiger partial charge in [0.25, 0.3) is 0 Å². The minimum Gasteiger partial charge on any atom is -0.472 e. The number of rotatable bonds is 6. The van der Waals surface area contributed by atoms with Crippen LogP contribution in [0.25, 0.3) is 0 Å². The van der Waals surface area contributed by atoms with E-state index in [2.05, 4.69) is 0 Å². The molecule has 4 saturated carbocycles. The summed E-state index contributed by atoms with van der Waals surface area (Å²) >= 11 is 0. The molecule has 2 aliphatic heterocycles. The van der Waals surface area contributed by atoms with Crippen molar-refractivity contribution in [2.75, 3.05) is 6.61 Å². The summed E-state index contributed by atoms with van der Waals surface area (Å²) in [5.74, 6) is -5.68. The quantitative estimate of drug-likeness (QED) is 0.226. The summed E-state index contributed by atoms with van der Waals surface area (Å²) < 4.78 is 36.0. The second-order valence-corrected chi connectivity index (χ2v) is 15.7. The van der Waals surface area contributed by atoms with Crippen LogP contribution in [-0.2, 0) is 42.9 Å². The van der Waals surface area contributed by atoms with Gasteiger partial charge in [0.2, 0.25) is 6.29 Å². The third kappa shape index (κ3) is 3.74. The van der Waals surface area contributed by atoms with Gasteiger partial charge < -0.3 is 43.4 Å². The van der Waals surface area contributed by atoms with E-state index in [9.17, 15) is 29.7 Å². The molecule has 6 fully saturated rings. The normalized spacial score (nSPS) is 50.6. The van der Waals surface area contributed by atoms with Gasteiger partial charge in [0.05, 0.1) is 42.7 Å². The highest BCUT2D eigenvalue weighted by Crippen LogP contribution is 2.82. The van der Waals surface area contributed by atoms with Crippen LogP contribution in [0.1, 0.15) is 79.2 Å². The van der Waals surface area contributed by atoms with Crippen LogP contribution in [0.15, 0.2) is 23.0 Å². The second-order valence-electron chi connectivity index (χ2n) is 15.7. The fourth-order valence-corrected chi connectivity index (χ4v) is 11.5. The van der Waals surface area contributed by atoms with Crippen LogP contribution in [0, 0.1) is 39.4 Å². The maximum Gasteiger partial charge on any atom is 0.310 e. The first-order chi connectivity index (χ1) is 22.5. The van der Waals surface area contributed by atoms with Gasteiger partial charge in [-0.2, -0.15) is 0 Å². The number of fused-ring (bicyclic) bond motifs is 1. The van der Waals surface area contributed by atoms with Gasteiger partial charge in [0.1, 0.15) is 23.9 Å². The monoisotopic (exact) mass is 674 g/mol. The Labute approximate surface area is 278 Å². The molecule has 4 aliphatic carbocycles. The average molecular weight is 675 g/mol. The van der Waals surface area contributed by atoms with E-state index in [1.165, 1.54) is 13.2 Å². The Morgan fingerprint density at radius 1 is 1.02 bits per heavy atom. The molecule has 7 rings (SSSR count). The van der Waals surface area contributed by atoms with Crippen LogP contribution in [0.3, 0.4) is 0 Å². The number of Topliss-reactive ketones (excluding diaryl/α,β-unsaturated/α-hetero) is 1. The summed E-state index contributed by atoms with van der Waals surface area (Å²) in [6.07, 6.45) is -5.11. The number of hydrogen-bond donors (Lipinski definition) is 3. The third-order valence-electron chi connectivity index (χ3n) is 13.9. The zero-order valence-corrected chi connectivity index (χ0v) is 28.3. The van der Waals surface area contributed by atoms with Crippen molar-refractivity contribution >= 4 is 23.7 Å². The molecule has 2 saturated heterocycles. The number of aliphatic hydroxyl groups excluding tert-OH is 3. The second kappa shape index (κ2) is 10.6. The Bertz CT molecular complexity index is 1530. The van der Waals surface area contributed by atoms with Gasteiger partial charge in [-0.1, -0.05) is 34.6 Å². The molecular formula is C35H46O13. The van der Waals surface area contributed by atoms with Crippen molar-refractivity contribution in [2.45, 2.75) is 122 Å². The predicted molar refractivity (Wildman–Crippen MR) is 161 cm³/mol. The lowest BCUT2D eigenvalue weighted by atomic mass is 9.33. The molecule has 1 spiro atoms. The summed E-state index contributed by atoms with van der Waals surface area (Å²) in [4.78, 5) is 53.7. The Kier molecular flexibility index (Phi) is 7.42. The van der Waals surface area contributed by atoms with Crippen LogP contribution in [0.5, 0.6) is 0 Å². The maximum atomic E-state index is 15.1. The molecular weight excluding hydrogens is 628 g/mol. The summed E-state index contributed by atoms with van der Waals surface area (Å²) in [5.41, 5.74) is -6.07. The van der Waals surface area contributed by atoms with Gasteiger partial charge in [-0.25, -0.2) is 0 Å². The van der Waals surface area contributed by atoms with Crippen LogP contribution < -0.4 is 0 Å². The number of ether oxygens (including phenoxy) is 5. The largest absolute Gasteiger partial charge is 0.472 e. The molecule has 0 amide bonds. The van der Waals surface area contributed by atoms with Crippen LogP contribution >= 0.6 is 0 Å². The first-order valence-corrected chi connectivity index (χ1v) is 16.9. The summed E-state index contributed by atoms with van der Waals surface area (Å²) in [6, 6.07) is 1.80. The summed E-state index contributed by atoms with van der Waals surface area (Å²) in [6.45, 7) is 10.8. The topological polar surface area (TPSA) is 192 Å². The average Bonchev–Trinajstić information content (AvgIpc) is 3.39. The zero-order chi connectivity index (χ0) is 34.9. The standard InChI is InChI=1S/C35H46O13/c1-8-15(2)29(42)47-30-31(5)20-12-21(38)33(7)25(34(20,14-44-30)28(46-17(4)37)24(27(31)41)45-16(3)36)23(39)26(40)32(6)19(18-9-10-43-13-18)11-22-35(32,33)48-22/h9-10,13,15,19-22,24-28,30,38,40-41H,8,11-12,14H2,1-7H3/t15-,19+,20+,21-,22-,24+,25?,26-,27-,28+,30-,31-,32-,33-,34+,35-/m1/s1. The number of carbonyl (C=O) groups excluding carboxylic acids is 4. The molecule has 13 nitrogen and oxygen atoms in total. The van der Waals surface area contributed by atoms with E-state index in [0.717, 1.165) is 12.5 Å². The van der Waals surface area contributed by atoms with Crippen molar-refractivity contribution in [2.24, 2.45) is 39.4 Å². The van der Waals surface area contributed by atoms with Crippen molar-refractivity contribution in [3.05, 3.63) is 24.2 Å². The molecule has 16 atom stereocenters. The number of carbonyl (C=O) groups is 4. The molecule has 1 unspecified atom stereocenters. The Balaban J connectivity index is 1.44. The van der Waals surface area contributed by atoms with Crippen molar-refractivity contribution in [3.8, 4) is 0 Å². The molecule has 3 N–H and O–H groups in total. The number of ketones is 1. The van der Waals surface area contributed by atoms with Crippen LogP contribution in [0.4, 0.5) is 0 Å². The first kappa shape index (κ1) is 33.6. The molecule has 0 radical (unpaired) electrons. The van der Waals surface area contributed by atoms with E-state index in [-0.39, 0.29) is 18.9 Å². The van der Waals surface area contributed by atoms with E-state index in [4.69, 9.17) is 28.1 Å². The van der Waals surface area contributed by atoms with E-state index in [0.29, 0.717) is 12.8 Å². The maximum absolute atomic E-state index is 15.1. The highest BCUT2D eigenvalue weighted by atomic mass is 16.7. The van der Waals surface area contributed by atoms with Gasteiger partial charge in [0.15, 0.2) is 11.9 Å². The molecule has 3 heterocycles. The molecule has 0 aromatic carbocycles. The molecule has 1 aromatic heterocycles. The number of aliphatic hydroxyl groups is 3. The lowest BCUT2D eigenvalue weighted by molar-refractivity contribution is -0.391. The van der Waals surface area contributed by atoms with Crippen molar-refractivity contribution in [1.29, 1.82) is 0 Å². The lowest BCUT2D eigenvalue weighted by Crippen LogP contribution is -2.84. The third-order valence-corrected chi connectivity index (χ3v) is 13.9. The number of hydrogen-bond acceptors (Lipinski definition) is 13. The number of epoxide rings is 1.